The van der Waals surface area contributed by atoms with Gasteiger partial charge in [0.25, 0.3) is 0 Å². The third-order valence-electron chi connectivity index (χ3n) is 6.74. The number of carbonyl (C=O) groups is 2. The van der Waals surface area contributed by atoms with Gasteiger partial charge in [0.1, 0.15) is 5.76 Å². The number of aliphatic carboxylic acids is 1. The van der Waals surface area contributed by atoms with E-state index in [0.29, 0.717) is 29.8 Å². The predicted octanol–water partition coefficient (Wildman–Crippen LogP) is 5.15. The number of anilines is 2. The summed E-state index contributed by atoms with van der Waals surface area (Å²) in [7, 11) is 0. The maximum absolute atomic E-state index is 12.9. The Morgan fingerprint density at radius 1 is 1.21 bits per heavy atom. The lowest BCUT2D eigenvalue weighted by molar-refractivity contribution is -0.138. The van der Waals surface area contributed by atoms with Crippen molar-refractivity contribution in [2.24, 2.45) is 11.8 Å². The number of rotatable bonds is 9. The van der Waals surface area contributed by atoms with Gasteiger partial charge in [0, 0.05) is 18.7 Å². The van der Waals surface area contributed by atoms with E-state index >= 15 is 0 Å². The van der Waals surface area contributed by atoms with Crippen molar-refractivity contribution in [2.45, 2.75) is 77.7 Å². The van der Waals surface area contributed by atoms with Crippen LogP contribution in [-0.4, -0.2) is 34.7 Å². The average Bonchev–Trinajstić information content (AvgIpc) is 3.49. The van der Waals surface area contributed by atoms with Crippen LogP contribution < -0.4 is 10.2 Å². The van der Waals surface area contributed by atoms with E-state index in [2.05, 4.69) is 41.4 Å². The maximum atomic E-state index is 12.9. The minimum absolute atomic E-state index is 0.0126. The highest BCUT2D eigenvalue weighted by atomic mass is 16.5. The van der Waals surface area contributed by atoms with Crippen molar-refractivity contribution in [3.8, 4) is 0 Å². The lowest BCUT2D eigenvalue weighted by Crippen LogP contribution is -2.40. The first kappa shape index (κ1) is 23.3. The molecular formula is C26H35N3O4. The van der Waals surface area contributed by atoms with E-state index in [1.54, 1.807) is 13.0 Å². The molecule has 0 unspecified atom stereocenters. The van der Waals surface area contributed by atoms with Crippen LogP contribution in [0.1, 0.15) is 75.3 Å². The molecule has 2 aliphatic carbocycles. The number of amides is 1. The fraction of sp³-hybridized carbons (Fsp3) is 0.577. The summed E-state index contributed by atoms with van der Waals surface area (Å²) in [5.41, 5.74) is 3.37. The Morgan fingerprint density at radius 3 is 2.58 bits per heavy atom. The van der Waals surface area contributed by atoms with Gasteiger partial charge in [0.05, 0.1) is 29.4 Å². The fourth-order valence-corrected chi connectivity index (χ4v) is 5.06. The molecule has 7 heteroatoms. The fourth-order valence-electron chi connectivity index (χ4n) is 5.06. The first-order valence-corrected chi connectivity index (χ1v) is 12.2. The number of nitrogens with one attached hydrogen (secondary N) is 1. The summed E-state index contributed by atoms with van der Waals surface area (Å²) >= 11 is 0. The monoisotopic (exact) mass is 453 g/mol. The van der Waals surface area contributed by atoms with E-state index < -0.39 is 5.97 Å². The topological polar surface area (TPSA) is 95.7 Å². The van der Waals surface area contributed by atoms with Gasteiger partial charge in [-0.25, -0.2) is 0 Å². The summed E-state index contributed by atoms with van der Waals surface area (Å²) in [6.45, 7) is 7.16. The molecule has 2 saturated carbocycles. The van der Waals surface area contributed by atoms with Crippen molar-refractivity contribution in [1.82, 2.24) is 5.16 Å². The van der Waals surface area contributed by atoms with Crippen LogP contribution in [0.5, 0.6) is 0 Å². The lowest BCUT2D eigenvalue weighted by atomic mass is 9.92. The Bertz CT molecular complexity index is 993. The highest BCUT2D eigenvalue weighted by Gasteiger charge is 2.44. The molecule has 7 nitrogen and oxygen atoms in total. The summed E-state index contributed by atoms with van der Waals surface area (Å²) in [6, 6.07) is 8.35. The minimum atomic E-state index is -0.750. The highest BCUT2D eigenvalue weighted by Crippen LogP contribution is 2.49. The molecule has 4 rings (SSSR count). The van der Waals surface area contributed by atoms with Gasteiger partial charge in [-0.05, 0) is 55.7 Å². The van der Waals surface area contributed by atoms with Crippen LogP contribution in [-0.2, 0) is 16.0 Å². The Morgan fingerprint density at radius 2 is 1.97 bits per heavy atom. The number of aromatic nitrogens is 1. The Hall–Kier alpha value is -2.83. The molecule has 1 aromatic heterocycles. The van der Waals surface area contributed by atoms with Crippen LogP contribution in [0.4, 0.5) is 11.4 Å². The molecule has 0 bridgehead atoms. The summed E-state index contributed by atoms with van der Waals surface area (Å²) < 4.78 is 5.10. The molecule has 1 heterocycles. The molecular weight excluding hydrogens is 418 g/mol. The Balaban J connectivity index is 1.63. The zero-order chi connectivity index (χ0) is 23.5. The first-order chi connectivity index (χ1) is 15.8. The third kappa shape index (κ3) is 5.75. The van der Waals surface area contributed by atoms with Gasteiger partial charge >= 0.3 is 5.97 Å². The van der Waals surface area contributed by atoms with Crippen molar-refractivity contribution in [2.75, 3.05) is 16.8 Å². The molecule has 0 aliphatic heterocycles. The van der Waals surface area contributed by atoms with Crippen molar-refractivity contribution in [1.29, 1.82) is 0 Å². The van der Waals surface area contributed by atoms with Gasteiger partial charge in [-0.1, -0.05) is 44.3 Å². The number of nitrogens with zero attached hydrogens (tertiary/aromatic N) is 2. The SMILES string of the molecule is Cc1cc(CC(=O)Nc2cc([C@@H]3C[C@@H]3C(=O)O)ccc2N(CC(C)C)C2CCCCC2)no1. The van der Waals surface area contributed by atoms with Gasteiger partial charge in [-0.15, -0.1) is 0 Å². The van der Waals surface area contributed by atoms with Gasteiger partial charge < -0.3 is 19.8 Å². The molecule has 1 aromatic carbocycles. The number of carboxylic acids is 1. The average molecular weight is 454 g/mol. The number of aryl methyl sites for hydroxylation is 1. The van der Waals surface area contributed by atoms with Crippen LogP contribution in [0, 0.1) is 18.8 Å². The predicted molar refractivity (Wildman–Crippen MR) is 128 cm³/mol. The summed E-state index contributed by atoms with van der Waals surface area (Å²) in [5, 5.41) is 16.4. The summed E-state index contributed by atoms with van der Waals surface area (Å²) in [5.74, 6) is -0.0659. The number of benzene rings is 1. The lowest BCUT2D eigenvalue weighted by Gasteiger charge is -2.38. The molecule has 0 saturated heterocycles. The second-order valence-corrected chi connectivity index (χ2v) is 10.1. The van der Waals surface area contributed by atoms with Crippen molar-refractivity contribution < 1.29 is 19.2 Å². The third-order valence-corrected chi connectivity index (χ3v) is 6.74. The normalized spacial score (nSPS) is 20.6. The molecule has 178 valence electrons. The molecule has 1 amide bonds. The van der Waals surface area contributed by atoms with Crippen molar-refractivity contribution in [3.63, 3.8) is 0 Å². The second-order valence-electron chi connectivity index (χ2n) is 10.1. The quantitative estimate of drug-likeness (QED) is 0.545. The minimum Gasteiger partial charge on any atom is -0.481 e. The number of hydrogen-bond donors (Lipinski definition) is 2. The standard InChI is InChI=1S/C26H35N3O4/c1-16(2)15-29(20-7-5-4-6-8-20)24-10-9-18(21-14-22(21)26(31)32)12-23(24)27-25(30)13-19-11-17(3)33-28-19/h9-12,16,20-22H,4-8,13-15H2,1-3H3,(H,27,30)(H,31,32)/t21-,22-/m0/s1. The summed E-state index contributed by atoms with van der Waals surface area (Å²) in [4.78, 5) is 26.8. The highest BCUT2D eigenvalue weighted by molar-refractivity contribution is 5.95. The molecule has 2 N–H and O–H groups in total. The van der Waals surface area contributed by atoms with E-state index in [0.717, 1.165) is 36.3 Å². The van der Waals surface area contributed by atoms with E-state index in [1.807, 2.05) is 6.07 Å². The smallest absolute Gasteiger partial charge is 0.307 e. The largest absolute Gasteiger partial charge is 0.481 e. The van der Waals surface area contributed by atoms with E-state index in [1.165, 1.54) is 19.3 Å². The van der Waals surface area contributed by atoms with Crippen molar-refractivity contribution >= 4 is 23.3 Å². The zero-order valence-corrected chi connectivity index (χ0v) is 19.8. The van der Waals surface area contributed by atoms with Crippen LogP contribution in [0.3, 0.4) is 0 Å². The van der Waals surface area contributed by atoms with E-state index in [4.69, 9.17) is 4.52 Å². The Kier molecular flexibility index (Phi) is 7.05. The number of hydrogen-bond acceptors (Lipinski definition) is 5. The number of carbonyl (C=O) groups excluding carboxylic acids is 1. The number of carboxylic acid groups (broad SMARTS) is 1. The van der Waals surface area contributed by atoms with Gasteiger partial charge in [0.15, 0.2) is 0 Å². The van der Waals surface area contributed by atoms with Crippen molar-refractivity contribution in [3.05, 3.63) is 41.3 Å². The molecule has 0 radical (unpaired) electrons. The van der Waals surface area contributed by atoms with Crippen LogP contribution in [0.2, 0.25) is 0 Å². The van der Waals surface area contributed by atoms with Gasteiger partial charge in [0.2, 0.25) is 5.91 Å². The molecule has 33 heavy (non-hydrogen) atoms. The van der Waals surface area contributed by atoms with Crippen LogP contribution >= 0.6 is 0 Å². The Labute approximate surface area is 195 Å². The molecule has 0 spiro atoms. The first-order valence-electron chi connectivity index (χ1n) is 12.2. The van der Waals surface area contributed by atoms with Crippen LogP contribution in [0.25, 0.3) is 0 Å². The van der Waals surface area contributed by atoms with E-state index in [-0.39, 0.29) is 24.2 Å². The maximum Gasteiger partial charge on any atom is 0.307 e. The zero-order valence-electron chi connectivity index (χ0n) is 19.8. The van der Waals surface area contributed by atoms with Gasteiger partial charge in [-0.2, -0.15) is 0 Å². The van der Waals surface area contributed by atoms with Crippen LogP contribution in [0.15, 0.2) is 28.8 Å². The molecule has 2 fully saturated rings. The molecule has 2 aromatic rings. The van der Waals surface area contributed by atoms with E-state index in [9.17, 15) is 14.7 Å². The summed E-state index contributed by atoms with van der Waals surface area (Å²) in [6.07, 6.45) is 6.84. The molecule has 2 aliphatic rings. The second kappa shape index (κ2) is 9.98. The van der Waals surface area contributed by atoms with Gasteiger partial charge in [-0.3, -0.25) is 9.59 Å². The molecule has 2 atom stereocenters.